The quantitative estimate of drug-likeness (QED) is 0.451. The van der Waals surface area contributed by atoms with Crippen LogP contribution in [0.2, 0.25) is 0 Å². The standard InChI is InChI=1S/C29H33FN4O7/c1-31-28(40)32-23-10-9-22-21(26(23)37)12-24(35)29(22)15-33(16-41-29)14-25(36)34(13-17-5-7-19(30)8-6-17)20-4-2-3-18(11-20)27(38)39/h5-10,18,20-21H,2-4,11-16H2,1H3,(H,38,39)(H2,31,32,40)/t18-,20+,21?,29+/m1/s1. The highest BCUT2D eigenvalue weighted by Gasteiger charge is 2.58. The van der Waals surface area contributed by atoms with Gasteiger partial charge in [-0.05, 0) is 48.6 Å². The summed E-state index contributed by atoms with van der Waals surface area (Å²) in [5, 5.41) is 14.5. The van der Waals surface area contributed by atoms with Crippen LogP contribution in [0.3, 0.4) is 0 Å². The normalized spacial score (nSPS) is 27.7. The van der Waals surface area contributed by atoms with Crippen molar-refractivity contribution in [2.24, 2.45) is 11.8 Å². The summed E-state index contributed by atoms with van der Waals surface area (Å²) in [5.74, 6) is -3.45. The van der Waals surface area contributed by atoms with Crippen LogP contribution in [0.5, 0.6) is 0 Å². The van der Waals surface area contributed by atoms with E-state index in [1.54, 1.807) is 28.0 Å². The van der Waals surface area contributed by atoms with Gasteiger partial charge in [0, 0.05) is 32.6 Å². The zero-order valence-electron chi connectivity index (χ0n) is 22.7. The third-order valence-electron chi connectivity index (χ3n) is 8.49. The number of carbonyl (C=O) groups is 5. The Kier molecular flexibility index (Phi) is 8.05. The molecule has 3 aliphatic carbocycles. The lowest BCUT2D eigenvalue weighted by atomic mass is 9.84. The van der Waals surface area contributed by atoms with E-state index in [-0.39, 0.29) is 62.0 Å². The minimum atomic E-state index is -1.35. The number of aliphatic carboxylic acids is 1. The molecule has 41 heavy (non-hydrogen) atoms. The lowest BCUT2D eigenvalue weighted by molar-refractivity contribution is -0.146. The SMILES string of the molecule is CNC(=O)NC1=CC=C2C(CC(=O)[C@]23CN(CC(=O)N(Cc2ccc(F)cc2)[C@H]2CCC[C@@H](C(=O)O)C2)CO3)C1=O. The molecule has 2 saturated carbocycles. The van der Waals surface area contributed by atoms with Crippen LogP contribution >= 0.6 is 0 Å². The second-order valence-electron chi connectivity index (χ2n) is 11.0. The Morgan fingerprint density at radius 2 is 1.93 bits per heavy atom. The van der Waals surface area contributed by atoms with Crippen molar-refractivity contribution in [3.05, 3.63) is 59.1 Å². The highest BCUT2D eigenvalue weighted by molar-refractivity contribution is 6.10. The number of carboxylic acid groups (broad SMARTS) is 1. The number of ketones is 2. The molecule has 0 aromatic heterocycles. The summed E-state index contributed by atoms with van der Waals surface area (Å²) >= 11 is 0. The van der Waals surface area contributed by atoms with E-state index in [1.807, 2.05) is 0 Å². The lowest BCUT2D eigenvalue weighted by Gasteiger charge is -2.37. The van der Waals surface area contributed by atoms with Gasteiger partial charge in [0.15, 0.2) is 17.2 Å². The van der Waals surface area contributed by atoms with E-state index in [0.717, 1.165) is 5.56 Å². The molecule has 4 atom stereocenters. The topological polar surface area (TPSA) is 145 Å². The van der Waals surface area contributed by atoms with Crippen molar-refractivity contribution < 1.29 is 38.2 Å². The predicted molar refractivity (Wildman–Crippen MR) is 142 cm³/mol. The molecule has 12 heteroatoms. The first-order chi connectivity index (χ1) is 19.6. The number of rotatable bonds is 7. The van der Waals surface area contributed by atoms with Crippen molar-refractivity contribution >= 4 is 29.5 Å². The molecule has 4 aliphatic rings. The van der Waals surface area contributed by atoms with Crippen LogP contribution < -0.4 is 10.6 Å². The van der Waals surface area contributed by atoms with Crippen molar-refractivity contribution in [2.45, 2.75) is 50.3 Å². The average molecular weight is 569 g/mol. The summed E-state index contributed by atoms with van der Waals surface area (Å²) < 4.78 is 19.5. The molecule has 1 aromatic rings. The first-order valence-electron chi connectivity index (χ1n) is 13.7. The summed E-state index contributed by atoms with van der Waals surface area (Å²) in [7, 11) is 1.43. The molecule has 1 unspecified atom stereocenters. The minimum Gasteiger partial charge on any atom is -0.481 e. The van der Waals surface area contributed by atoms with Gasteiger partial charge >= 0.3 is 12.0 Å². The molecular weight excluding hydrogens is 535 g/mol. The van der Waals surface area contributed by atoms with Crippen LogP contribution in [0.4, 0.5) is 9.18 Å². The van der Waals surface area contributed by atoms with Crippen LogP contribution in [0, 0.1) is 17.7 Å². The summed E-state index contributed by atoms with van der Waals surface area (Å²) in [6.45, 7) is 0.208. The minimum absolute atomic E-state index is 0.00437. The van der Waals surface area contributed by atoms with E-state index in [4.69, 9.17) is 4.74 Å². The van der Waals surface area contributed by atoms with Crippen LogP contribution in [0.15, 0.2) is 47.7 Å². The van der Waals surface area contributed by atoms with Gasteiger partial charge in [0.05, 0.1) is 24.1 Å². The fraction of sp³-hybridized carbons (Fsp3) is 0.483. The molecule has 3 amide bonds. The van der Waals surface area contributed by atoms with Gasteiger partial charge in [0.1, 0.15) is 12.5 Å². The second-order valence-corrected chi connectivity index (χ2v) is 11.0. The lowest BCUT2D eigenvalue weighted by Crippen LogP contribution is -2.48. The number of benzene rings is 1. The number of urea groups is 1. The maximum atomic E-state index is 13.7. The van der Waals surface area contributed by atoms with Crippen LogP contribution in [-0.2, 0) is 30.5 Å². The van der Waals surface area contributed by atoms with Gasteiger partial charge < -0.3 is 25.4 Å². The highest BCUT2D eigenvalue weighted by Crippen LogP contribution is 2.45. The van der Waals surface area contributed by atoms with E-state index in [1.165, 1.54) is 25.3 Å². The molecule has 11 nitrogen and oxygen atoms in total. The molecule has 1 heterocycles. The summed E-state index contributed by atoms with van der Waals surface area (Å²) in [6, 6.07) is 5.01. The number of hydrogen-bond acceptors (Lipinski definition) is 7. The zero-order valence-corrected chi connectivity index (χ0v) is 22.7. The maximum absolute atomic E-state index is 13.7. The molecule has 218 valence electrons. The third-order valence-corrected chi connectivity index (χ3v) is 8.49. The first kappa shape index (κ1) is 28.6. The highest BCUT2D eigenvalue weighted by atomic mass is 19.1. The fourth-order valence-electron chi connectivity index (χ4n) is 6.33. The van der Waals surface area contributed by atoms with Gasteiger partial charge in [0.2, 0.25) is 5.91 Å². The number of hydrogen-bond donors (Lipinski definition) is 3. The number of ether oxygens (including phenoxy) is 1. The Morgan fingerprint density at radius 3 is 2.63 bits per heavy atom. The number of amides is 3. The molecule has 1 saturated heterocycles. The first-order valence-corrected chi connectivity index (χ1v) is 13.7. The second kappa shape index (κ2) is 11.5. The average Bonchev–Trinajstić information content (AvgIpc) is 3.50. The Labute approximate surface area is 236 Å². The molecule has 0 radical (unpaired) electrons. The number of nitrogens with zero attached hydrogens (tertiary/aromatic N) is 2. The summed E-state index contributed by atoms with van der Waals surface area (Å²) in [4.78, 5) is 66.8. The molecule has 3 N–H and O–H groups in total. The number of allylic oxidation sites excluding steroid dienone is 3. The Balaban J connectivity index is 1.33. The van der Waals surface area contributed by atoms with Crippen molar-refractivity contribution in [1.29, 1.82) is 0 Å². The molecular formula is C29H33FN4O7. The van der Waals surface area contributed by atoms with Gasteiger partial charge in [-0.1, -0.05) is 24.6 Å². The third kappa shape index (κ3) is 5.66. The summed E-state index contributed by atoms with van der Waals surface area (Å²) in [5.41, 5.74) is -0.0170. The number of carboxylic acids is 1. The maximum Gasteiger partial charge on any atom is 0.319 e. The van der Waals surface area contributed by atoms with Crippen molar-refractivity contribution in [2.75, 3.05) is 26.9 Å². The number of Topliss-reactive ketones (excluding diaryl/α,β-unsaturated/α-hetero) is 2. The van der Waals surface area contributed by atoms with E-state index >= 15 is 0 Å². The van der Waals surface area contributed by atoms with Crippen LogP contribution in [0.25, 0.3) is 0 Å². The van der Waals surface area contributed by atoms with Crippen LogP contribution in [-0.4, -0.2) is 82.9 Å². The number of carbonyl (C=O) groups excluding carboxylic acids is 4. The largest absolute Gasteiger partial charge is 0.481 e. The monoisotopic (exact) mass is 568 g/mol. The zero-order chi connectivity index (χ0) is 29.3. The van der Waals surface area contributed by atoms with Gasteiger partial charge in [-0.2, -0.15) is 0 Å². The number of nitrogens with one attached hydrogen (secondary N) is 2. The molecule has 3 fully saturated rings. The molecule has 5 rings (SSSR count). The van der Waals surface area contributed by atoms with Gasteiger partial charge in [-0.25, -0.2) is 9.18 Å². The van der Waals surface area contributed by atoms with Gasteiger partial charge in [-0.3, -0.25) is 24.1 Å². The Hall–Kier alpha value is -3.90. The smallest absolute Gasteiger partial charge is 0.319 e. The number of fused-ring (bicyclic) bond motifs is 2. The Bertz CT molecular complexity index is 1330. The van der Waals surface area contributed by atoms with E-state index in [9.17, 15) is 33.5 Å². The van der Waals surface area contributed by atoms with Crippen molar-refractivity contribution in [3.63, 3.8) is 0 Å². The van der Waals surface area contributed by atoms with Gasteiger partial charge in [-0.15, -0.1) is 0 Å². The van der Waals surface area contributed by atoms with E-state index < -0.39 is 35.3 Å². The summed E-state index contributed by atoms with van der Waals surface area (Å²) in [6.07, 6.45) is 5.26. The van der Waals surface area contributed by atoms with E-state index in [0.29, 0.717) is 31.3 Å². The molecule has 1 aromatic carbocycles. The van der Waals surface area contributed by atoms with E-state index in [2.05, 4.69) is 10.6 Å². The Morgan fingerprint density at radius 1 is 1.17 bits per heavy atom. The molecule has 0 bridgehead atoms. The fourth-order valence-corrected chi connectivity index (χ4v) is 6.33. The molecule has 1 aliphatic heterocycles. The van der Waals surface area contributed by atoms with Crippen LogP contribution in [0.1, 0.15) is 37.7 Å². The van der Waals surface area contributed by atoms with Crippen molar-refractivity contribution in [3.8, 4) is 0 Å². The van der Waals surface area contributed by atoms with Crippen molar-refractivity contribution in [1.82, 2.24) is 20.4 Å². The predicted octanol–water partition coefficient (Wildman–Crippen LogP) is 1.74. The molecule has 1 spiro atoms. The van der Waals surface area contributed by atoms with Gasteiger partial charge in [0.25, 0.3) is 0 Å². The number of halogens is 1.